The molecule has 0 N–H and O–H groups in total. The third-order valence-corrected chi connectivity index (χ3v) is 2.97. The summed E-state index contributed by atoms with van der Waals surface area (Å²) in [7, 11) is 0. The molecule has 19 heavy (non-hydrogen) atoms. The third-order valence-electron chi connectivity index (χ3n) is 2.97. The Kier molecular flexibility index (Phi) is 2.62. The van der Waals surface area contributed by atoms with Crippen molar-refractivity contribution in [3.8, 4) is 17.2 Å². The highest BCUT2D eigenvalue weighted by Gasteiger charge is 2.07. The van der Waals surface area contributed by atoms with Crippen LogP contribution >= 0.6 is 0 Å². The molecule has 0 saturated heterocycles. The van der Waals surface area contributed by atoms with Crippen molar-refractivity contribution in [3.63, 3.8) is 0 Å². The largest absolute Gasteiger partial charge is 0.423 e. The smallest absolute Gasteiger partial charge is 0.336 e. The summed E-state index contributed by atoms with van der Waals surface area (Å²) in [5.74, 6) is 0. The van der Waals surface area contributed by atoms with Crippen molar-refractivity contribution in [2.45, 2.75) is 0 Å². The molecule has 3 nitrogen and oxygen atoms in total. The summed E-state index contributed by atoms with van der Waals surface area (Å²) >= 11 is 0. The van der Waals surface area contributed by atoms with E-state index in [1.54, 1.807) is 18.2 Å². The van der Waals surface area contributed by atoms with E-state index in [1.165, 1.54) is 6.07 Å². The van der Waals surface area contributed by atoms with Crippen molar-refractivity contribution in [2.24, 2.45) is 0 Å². The van der Waals surface area contributed by atoms with Crippen molar-refractivity contribution >= 4 is 11.0 Å². The Balaban J connectivity index is 2.29. The number of benzene rings is 2. The van der Waals surface area contributed by atoms with Gasteiger partial charge in [0.1, 0.15) is 5.58 Å². The zero-order valence-corrected chi connectivity index (χ0v) is 9.96. The van der Waals surface area contributed by atoms with Gasteiger partial charge in [0.25, 0.3) is 0 Å². The van der Waals surface area contributed by atoms with Crippen LogP contribution in [0, 0.1) is 11.3 Å². The fourth-order valence-electron chi connectivity index (χ4n) is 2.07. The predicted molar refractivity (Wildman–Crippen MR) is 72.6 cm³/mol. The van der Waals surface area contributed by atoms with E-state index in [-0.39, 0.29) is 5.63 Å². The van der Waals surface area contributed by atoms with Crippen LogP contribution in [0.3, 0.4) is 0 Å². The number of fused-ring (bicyclic) bond motifs is 1. The van der Waals surface area contributed by atoms with Crippen molar-refractivity contribution in [1.29, 1.82) is 5.26 Å². The average molecular weight is 247 g/mol. The van der Waals surface area contributed by atoms with Crippen LogP contribution in [0.5, 0.6) is 0 Å². The van der Waals surface area contributed by atoms with Gasteiger partial charge in [-0.2, -0.15) is 5.26 Å². The Morgan fingerprint density at radius 3 is 2.47 bits per heavy atom. The fourth-order valence-corrected chi connectivity index (χ4v) is 2.07. The number of para-hydroxylation sites is 1. The molecule has 3 rings (SSSR count). The maximum Gasteiger partial charge on any atom is 0.336 e. The highest BCUT2D eigenvalue weighted by atomic mass is 16.4. The maximum absolute atomic E-state index is 11.6. The first-order valence-electron chi connectivity index (χ1n) is 5.81. The average Bonchev–Trinajstić information content (AvgIpc) is 2.46. The fraction of sp³-hybridized carbons (Fsp3) is 0. The summed E-state index contributed by atoms with van der Waals surface area (Å²) in [5.41, 5.74) is 2.49. The van der Waals surface area contributed by atoms with E-state index in [9.17, 15) is 4.79 Å². The van der Waals surface area contributed by atoms with Crippen LogP contribution in [-0.4, -0.2) is 0 Å². The molecule has 2 aromatic carbocycles. The van der Waals surface area contributed by atoms with Gasteiger partial charge in [0.2, 0.25) is 0 Å². The predicted octanol–water partition coefficient (Wildman–Crippen LogP) is 3.33. The Hall–Kier alpha value is -2.86. The van der Waals surface area contributed by atoms with Crippen LogP contribution in [0.4, 0.5) is 0 Å². The Morgan fingerprint density at radius 2 is 1.74 bits per heavy atom. The Labute approximate surface area is 109 Å². The summed E-state index contributed by atoms with van der Waals surface area (Å²) in [5, 5.41) is 9.68. The van der Waals surface area contributed by atoms with Gasteiger partial charge in [-0.1, -0.05) is 30.3 Å². The van der Waals surface area contributed by atoms with E-state index in [2.05, 4.69) is 6.07 Å². The van der Waals surface area contributed by atoms with Crippen molar-refractivity contribution in [2.75, 3.05) is 0 Å². The molecule has 0 saturated carbocycles. The van der Waals surface area contributed by atoms with E-state index in [4.69, 9.17) is 9.68 Å². The van der Waals surface area contributed by atoms with E-state index in [0.29, 0.717) is 11.1 Å². The van der Waals surface area contributed by atoms with Gasteiger partial charge >= 0.3 is 5.63 Å². The molecule has 0 fully saturated rings. The first-order chi connectivity index (χ1) is 9.28. The van der Waals surface area contributed by atoms with Crippen molar-refractivity contribution < 1.29 is 4.42 Å². The molecule has 3 aromatic rings. The second-order valence-corrected chi connectivity index (χ2v) is 4.16. The van der Waals surface area contributed by atoms with Crippen LogP contribution in [0.1, 0.15) is 5.56 Å². The summed E-state index contributed by atoms with van der Waals surface area (Å²) in [6.45, 7) is 0. The number of nitrogens with zero attached hydrogens (tertiary/aromatic N) is 1. The Morgan fingerprint density at radius 1 is 1.00 bits per heavy atom. The number of nitriles is 1. The summed E-state index contributed by atoms with van der Waals surface area (Å²) in [6, 6.07) is 18.1. The van der Waals surface area contributed by atoms with Gasteiger partial charge in [-0.05, 0) is 29.3 Å². The van der Waals surface area contributed by atoms with Crippen LogP contribution < -0.4 is 5.63 Å². The number of rotatable bonds is 1. The van der Waals surface area contributed by atoms with Gasteiger partial charge in [-0.3, -0.25) is 0 Å². The molecule has 0 amide bonds. The highest BCUT2D eigenvalue weighted by Crippen LogP contribution is 2.27. The molecule has 0 aliphatic rings. The summed E-state index contributed by atoms with van der Waals surface area (Å²) in [6.07, 6.45) is 0. The second kappa shape index (κ2) is 4.43. The van der Waals surface area contributed by atoms with Gasteiger partial charge in [0.05, 0.1) is 11.6 Å². The highest BCUT2D eigenvalue weighted by molar-refractivity contribution is 5.93. The van der Waals surface area contributed by atoms with Gasteiger partial charge in [-0.25, -0.2) is 4.79 Å². The van der Waals surface area contributed by atoms with Crippen LogP contribution in [0.25, 0.3) is 22.1 Å². The molecular weight excluding hydrogens is 238 g/mol. The van der Waals surface area contributed by atoms with E-state index >= 15 is 0 Å². The zero-order chi connectivity index (χ0) is 13.2. The minimum absolute atomic E-state index is 0.377. The first-order valence-corrected chi connectivity index (χ1v) is 5.81. The van der Waals surface area contributed by atoms with E-state index < -0.39 is 0 Å². The lowest BCUT2D eigenvalue weighted by Gasteiger charge is -2.05. The van der Waals surface area contributed by atoms with E-state index in [1.807, 2.05) is 30.3 Å². The molecule has 0 unspecified atom stereocenters. The van der Waals surface area contributed by atoms with Gasteiger partial charge < -0.3 is 4.42 Å². The molecule has 0 radical (unpaired) electrons. The molecular formula is C16H9NO2. The molecule has 0 aliphatic carbocycles. The lowest BCUT2D eigenvalue weighted by Crippen LogP contribution is -1.97. The lowest BCUT2D eigenvalue weighted by atomic mass is 10.0. The molecule has 0 atom stereocenters. The quantitative estimate of drug-likeness (QED) is 0.620. The molecule has 90 valence electrons. The first kappa shape index (κ1) is 11.2. The summed E-state index contributed by atoms with van der Waals surface area (Å²) < 4.78 is 5.16. The van der Waals surface area contributed by atoms with Gasteiger partial charge in [0, 0.05) is 11.5 Å². The SMILES string of the molecule is N#Cc1ccc(-c2cc(=O)oc3ccccc23)cc1. The third kappa shape index (κ3) is 2.00. The van der Waals surface area contributed by atoms with E-state index in [0.717, 1.165) is 16.5 Å². The van der Waals surface area contributed by atoms with Crippen LogP contribution in [0.15, 0.2) is 63.8 Å². The van der Waals surface area contributed by atoms with Crippen LogP contribution in [-0.2, 0) is 0 Å². The molecule has 1 aromatic heterocycles. The minimum Gasteiger partial charge on any atom is -0.423 e. The number of hydrogen-bond donors (Lipinski definition) is 0. The maximum atomic E-state index is 11.6. The standard InChI is InChI=1S/C16H9NO2/c17-10-11-5-7-12(8-6-11)14-9-16(18)19-15-4-2-1-3-13(14)15/h1-9H. The molecule has 0 bridgehead atoms. The zero-order valence-electron chi connectivity index (χ0n) is 9.96. The van der Waals surface area contributed by atoms with Crippen molar-refractivity contribution in [3.05, 3.63) is 70.6 Å². The molecule has 1 heterocycles. The topological polar surface area (TPSA) is 54.0 Å². The summed E-state index contributed by atoms with van der Waals surface area (Å²) in [4.78, 5) is 11.6. The molecule has 0 aliphatic heterocycles. The lowest BCUT2D eigenvalue weighted by molar-refractivity contribution is 0.561. The minimum atomic E-state index is -0.377. The normalized spacial score (nSPS) is 10.3. The number of hydrogen-bond acceptors (Lipinski definition) is 3. The monoisotopic (exact) mass is 247 g/mol. The van der Waals surface area contributed by atoms with Gasteiger partial charge in [-0.15, -0.1) is 0 Å². The molecule has 3 heteroatoms. The van der Waals surface area contributed by atoms with Gasteiger partial charge in [0.15, 0.2) is 0 Å². The molecule has 0 spiro atoms. The van der Waals surface area contributed by atoms with Crippen LogP contribution in [0.2, 0.25) is 0 Å². The Bertz CT molecular complexity index is 839. The van der Waals surface area contributed by atoms with Crippen molar-refractivity contribution in [1.82, 2.24) is 0 Å². The second-order valence-electron chi connectivity index (χ2n) is 4.16.